The molecule has 1 aromatic heterocycles. The van der Waals surface area contributed by atoms with E-state index in [2.05, 4.69) is 10.3 Å². The number of amides is 1. The smallest absolute Gasteiger partial charge is 0.237 e. The molecular weight excluding hydrogens is 190 g/mol. The Morgan fingerprint density at radius 3 is 2.93 bits per heavy atom. The van der Waals surface area contributed by atoms with Crippen molar-refractivity contribution >= 4 is 5.91 Å². The molecule has 1 heterocycles. The van der Waals surface area contributed by atoms with E-state index < -0.39 is 6.04 Å². The number of pyridine rings is 1. The zero-order chi connectivity index (χ0) is 11.3. The topological polar surface area (TPSA) is 68.0 Å². The van der Waals surface area contributed by atoms with Gasteiger partial charge in [-0.3, -0.25) is 9.78 Å². The van der Waals surface area contributed by atoms with Gasteiger partial charge in [0.1, 0.15) is 0 Å². The predicted octanol–water partition coefficient (Wildman–Crippen LogP) is 0.996. The molecule has 15 heavy (non-hydrogen) atoms. The molecule has 0 aliphatic carbocycles. The van der Waals surface area contributed by atoms with Crippen LogP contribution in [0.15, 0.2) is 24.5 Å². The molecule has 0 spiro atoms. The van der Waals surface area contributed by atoms with Gasteiger partial charge < -0.3 is 11.1 Å². The second kappa shape index (κ2) is 5.46. The van der Waals surface area contributed by atoms with Crippen molar-refractivity contribution in [2.24, 2.45) is 5.73 Å². The fourth-order valence-corrected chi connectivity index (χ4v) is 1.22. The summed E-state index contributed by atoms with van der Waals surface area (Å²) in [4.78, 5) is 15.5. The Morgan fingerprint density at radius 1 is 1.67 bits per heavy atom. The molecule has 1 amide bonds. The van der Waals surface area contributed by atoms with E-state index in [0.29, 0.717) is 6.42 Å². The summed E-state index contributed by atoms with van der Waals surface area (Å²) >= 11 is 0. The maximum Gasteiger partial charge on any atom is 0.237 e. The number of rotatable bonds is 4. The van der Waals surface area contributed by atoms with Crippen molar-refractivity contribution in [3.63, 3.8) is 0 Å². The third-order valence-electron chi connectivity index (χ3n) is 2.32. The quantitative estimate of drug-likeness (QED) is 0.773. The minimum absolute atomic E-state index is 0.0520. The van der Waals surface area contributed by atoms with E-state index in [1.165, 1.54) is 0 Å². The Kier molecular flexibility index (Phi) is 4.24. The van der Waals surface area contributed by atoms with E-state index in [4.69, 9.17) is 5.73 Å². The summed E-state index contributed by atoms with van der Waals surface area (Å²) in [6, 6.07) is 3.29. The lowest BCUT2D eigenvalue weighted by Gasteiger charge is -2.16. The molecule has 0 unspecified atom stereocenters. The molecule has 4 heteroatoms. The predicted molar refractivity (Wildman–Crippen MR) is 59.1 cm³/mol. The molecule has 4 nitrogen and oxygen atoms in total. The van der Waals surface area contributed by atoms with Crippen molar-refractivity contribution in [1.29, 1.82) is 0 Å². The molecule has 1 aromatic rings. The number of aromatic nitrogens is 1. The van der Waals surface area contributed by atoms with Gasteiger partial charge in [0.25, 0.3) is 0 Å². The summed E-state index contributed by atoms with van der Waals surface area (Å²) in [7, 11) is 0. The number of hydrogen-bond donors (Lipinski definition) is 2. The first-order chi connectivity index (χ1) is 7.15. The van der Waals surface area contributed by atoms with Crippen molar-refractivity contribution in [2.45, 2.75) is 32.4 Å². The molecular formula is C11H17N3O. The van der Waals surface area contributed by atoms with Crippen LogP contribution in [0, 0.1) is 0 Å². The van der Waals surface area contributed by atoms with E-state index in [-0.39, 0.29) is 11.9 Å². The molecule has 0 aliphatic rings. The van der Waals surface area contributed by atoms with Gasteiger partial charge in [-0.15, -0.1) is 0 Å². The first kappa shape index (κ1) is 11.7. The summed E-state index contributed by atoms with van der Waals surface area (Å²) in [6.07, 6.45) is 4.09. The van der Waals surface area contributed by atoms with Crippen LogP contribution < -0.4 is 11.1 Å². The van der Waals surface area contributed by atoms with Gasteiger partial charge in [0, 0.05) is 12.4 Å². The maximum absolute atomic E-state index is 11.5. The van der Waals surface area contributed by atoms with Crippen LogP contribution >= 0.6 is 0 Å². The van der Waals surface area contributed by atoms with Crippen LogP contribution in [-0.4, -0.2) is 16.9 Å². The molecule has 0 aliphatic heterocycles. The lowest BCUT2D eigenvalue weighted by atomic mass is 10.1. The van der Waals surface area contributed by atoms with E-state index in [9.17, 15) is 4.79 Å². The van der Waals surface area contributed by atoms with Gasteiger partial charge in [0.15, 0.2) is 0 Å². The Labute approximate surface area is 89.9 Å². The van der Waals surface area contributed by atoms with Gasteiger partial charge in [-0.1, -0.05) is 13.0 Å². The largest absolute Gasteiger partial charge is 0.348 e. The van der Waals surface area contributed by atoms with Gasteiger partial charge in [-0.2, -0.15) is 0 Å². The first-order valence-corrected chi connectivity index (χ1v) is 5.11. The molecule has 0 aromatic carbocycles. The summed E-state index contributed by atoms with van der Waals surface area (Å²) in [6.45, 7) is 3.80. The first-order valence-electron chi connectivity index (χ1n) is 5.11. The zero-order valence-electron chi connectivity index (χ0n) is 9.10. The fourth-order valence-electron chi connectivity index (χ4n) is 1.22. The SMILES string of the molecule is CC[C@@H](N)C(=O)N[C@@H](C)c1cccnc1. The van der Waals surface area contributed by atoms with Gasteiger partial charge >= 0.3 is 0 Å². The van der Waals surface area contributed by atoms with Crippen molar-refractivity contribution in [2.75, 3.05) is 0 Å². The third-order valence-corrected chi connectivity index (χ3v) is 2.32. The van der Waals surface area contributed by atoms with Crippen molar-refractivity contribution in [1.82, 2.24) is 10.3 Å². The van der Waals surface area contributed by atoms with E-state index >= 15 is 0 Å². The Bertz CT molecular complexity index is 313. The standard InChI is InChI=1S/C11H17N3O/c1-3-10(12)11(15)14-8(2)9-5-4-6-13-7-9/h4-8,10H,3,12H2,1-2H3,(H,14,15)/t8-,10+/m0/s1. The molecule has 82 valence electrons. The summed E-state index contributed by atoms with van der Waals surface area (Å²) < 4.78 is 0. The Balaban J connectivity index is 2.56. The molecule has 0 bridgehead atoms. The van der Waals surface area contributed by atoms with E-state index in [1.54, 1.807) is 12.4 Å². The Morgan fingerprint density at radius 2 is 2.40 bits per heavy atom. The van der Waals surface area contributed by atoms with Crippen LogP contribution in [0.5, 0.6) is 0 Å². The number of carbonyl (C=O) groups excluding carboxylic acids is 1. The maximum atomic E-state index is 11.5. The Hall–Kier alpha value is -1.42. The lowest BCUT2D eigenvalue weighted by Crippen LogP contribution is -2.41. The van der Waals surface area contributed by atoms with Gasteiger partial charge in [0.05, 0.1) is 12.1 Å². The summed E-state index contributed by atoms with van der Waals surface area (Å²) in [5.41, 5.74) is 6.60. The highest BCUT2D eigenvalue weighted by Gasteiger charge is 2.14. The van der Waals surface area contributed by atoms with Crippen LogP contribution in [0.25, 0.3) is 0 Å². The molecule has 2 atom stereocenters. The van der Waals surface area contributed by atoms with Crippen LogP contribution in [0.2, 0.25) is 0 Å². The lowest BCUT2D eigenvalue weighted by molar-refractivity contribution is -0.123. The summed E-state index contributed by atoms with van der Waals surface area (Å²) in [5.74, 6) is -0.117. The minimum Gasteiger partial charge on any atom is -0.348 e. The molecule has 0 fully saturated rings. The van der Waals surface area contributed by atoms with Crippen molar-refractivity contribution in [3.8, 4) is 0 Å². The average Bonchev–Trinajstić information content (AvgIpc) is 2.29. The molecule has 0 saturated carbocycles. The van der Waals surface area contributed by atoms with Crippen LogP contribution in [-0.2, 0) is 4.79 Å². The third kappa shape index (κ3) is 3.32. The normalized spacial score (nSPS) is 14.3. The van der Waals surface area contributed by atoms with E-state index in [1.807, 2.05) is 26.0 Å². The minimum atomic E-state index is -0.427. The van der Waals surface area contributed by atoms with Gasteiger partial charge in [-0.25, -0.2) is 0 Å². The fraction of sp³-hybridized carbons (Fsp3) is 0.455. The monoisotopic (exact) mass is 207 g/mol. The number of nitrogens with zero attached hydrogens (tertiary/aromatic N) is 1. The highest BCUT2D eigenvalue weighted by molar-refractivity contribution is 5.81. The van der Waals surface area contributed by atoms with Crippen LogP contribution in [0.1, 0.15) is 31.9 Å². The van der Waals surface area contributed by atoms with Crippen LogP contribution in [0.3, 0.4) is 0 Å². The number of hydrogen-bond acceptors (Lipinski definition) is 3. The molecule has 1 rings (SSSR count). The highest BCUT2D eigenvalue weighted by Crippen LogP contribution is 2.09. The van der Waals surface area contributed by atoms with E-state index in [0.717, 1.165) is 5.56 Å². The number of nitrogens with one attached hydrogen (secondary N) is 1. The number of carbonyl (C=O) groups is 1. The van der Waals surface area contributed by atoms with Crippen molar-refractivity contribution < 1.29 is 4.79 Å². The molecule has 0 radical (unpaired) electrons. The zero-order valence-corrected chi connectivity index (χ0v) is 9.10. The second-order valence-electron chi connectivity index (χ2n) is 3.53. The summed E-state index contributed by atoms with van der Waals surface area (Å²) in [5, 5.41) is 2.84. The van der Waals surface area contributed by atoms with Gasteiger partial charge in [0.2, 0.25) is 5.91 Å². The second-order valence-corrected chi connectivity index (χ2v) is 3.53. The van der Waals surface area contributed by atoms with Crippen molar-refractivity contribution in [3.05, 3.63) is 30.1 Å². The van der Waals surface area contributed by atoms with Crippen LogP contribution in [0.4, 0.5) is 0 Å². The highest BCUT2D eigenvalue weighted by atomic mass is 16.2. The average molecular weight is 207 g/mol. The molecule has 3 N–H and O–H groups in total. The van der Waals surface area contributed by atoms with Gasteiger partial charge in [-0.05, 0) is 25.0 Å². The number of nitrogens with two attached hydrogens (primary N) is 1. The molecule has 0 saturated heterocycles.